The fraction of sp³-hybridized carbons (Fsp3) is 0.312. The van der Waals surface area contributed by atoms with Crippen LogP contribution in [0.25, 0.3) is 0 Å². The Morgan fingerprint density at radius 3 is 2.76 bits per heavy atom. The van der Waals surface area contributed by atoms with Crippen molar-refractivity contribution >= 4 is 23.1 Å². The summed E-state index contributed by atoms with van der Waals surface area (Å²) in [7, 11) is 1.93. The summed E-state index contributed by atoms with van der Waals surface area (Å²) in [6, 6.07) is 9.59. The van der Waals surface area contributed by atoms with Crippen molar-refractivity contribution in [1.29, 1.82) is 5.26 Å². The lowest BCUT2D eigenvalue weighted by atomic mass is 10.2. The number of nitriles is 1. The fourth-order valence-electron chi connectivity index (χ4n) is 2.25. The molecule has 1 fully saturated rings. The van der Waals surface area contributed by atoms with Crippen molar-refractivity contribution in [3.63, 3.8) is 0 Å². The molecule has 0 saturated heterocycles. The van der Waals surface area contributed by atoms with Crippen LogP contribution in [0.15, 0.2) is 24.3 Å². The van der Waals surface area contributed by atoms with Crippen molar-refractivity contribution in [3.8, 4) is 6.07 Å². The Morgan fingerprint density at radius 2 is 2.10 bits per heavy atom. The maximum absolute atomic E-state index is 9.02. The van der Waals surface area contributed by atoms with E-state index in [0.29, 0.717) is 16.6 Å². The number of halogens is 1. The van der Waals surface area contributed by atoms with E-state index in [1.165, 1.54) is 0 Å². The molecule has 5 heteroatoms. The smallest absolute Gasteiger partial charge is 0.140 e. The van der Waals surface area contributed by atoms with Crippen molar-refractivity contribution in [2.75, 3.05) is 11.9 Å². The van der Waals surface area contributed by atoms with Gasteiger partial charge >= 0.3 is 0 Å². The molecule has 4 nitrogen and oxygen atoms in total. The Morgan fingerprint density at radius 1 is 1.33 bits per heavy atom. The molecule has 0 radical (unpaired) electrons. The molecule has 0 bridgehead atoms. The number of hydrogen-bond acceptors (Lipinski definition) is 4. The summed E-state index contributed by atoms with van der Waals surface area (Å²) < 4.78 is 0. The zero-order valence-corrected chi connectivity index (χ0v) is 12.7. The van der Waals surface area contributed by atoms with E-state index in [0.717, 1.165) is 35.7 Å². The van der Waals surface area contributed by atoms with Crippen LogP contribution in [-0.2, 0) is 0 Å². The van der Waals surface area contributed by atoms with E-state index in [9.17, 15) is 0 Å². The lowest BCUT2D eigenvalue weighted by Crippen LogP contribution is -2.15. The van der Waals surface area contributed by atoms with E-state index in [-0.39, 0.29) is 0 Å². The number of benzene rings is 1. The lowest BCUT2D eigenvalue weighted by molar-refractivity contribution is 0.904. The summed E-state index contributed by atoms with van der Waals surface area (Å²) in [6.07, 6.45) is 2.26. The van der Waals surface area contributed by atoms with Gasteiger partial charge in [0.15, 0.2) is 0 Å². The van der Waals surface area contributed by atoms with Crippen molar-refractivity contribution in [2.45, 2.75) is 25.7 Å². The van der Waals surface area contributed by atoms with E-state index in [2.05, 4.69) is 16.0 Å². The van der Waals surface area contributed by atoms with Gasteiger partial charge in [-0.3, -0.25) is 0 Å². The molecule has 1 saturated carbocycles. The van der Waals surface area contributed by atoms with Crippen molar-refractivity contribution in [1.82, 2.24) is 9.97 Å². The van der Waals surface area contributed by atoms with Gasteiger partial charge in [0.1, 0.15) is 16.8 Å². The lowest BCUT2D eigenvalue weighted by Gasteiger charge is -2.21. The van der Waals surface area contributed by atoms with Crippen LogP contribution in [0.2, 0.25) is 5.15 Å². The molecule has 21 heavy (non-hydrogen) atoms. The van der Waals surface area contributed by atoms with Crippen LogP contribution in [0.3, 0.4) is 0 Å². The predicted octanol–water partition coefficient (Wildman–Crippen LogP) is 3.96. The third-order valence-corrected chi connectivity index (χ3v) is 4.07. The van der Waals surface area contributed by atoms with E-state index in [4.69, 9.17) is 16.9 Å². The molecule has 3 rings (SSSR count). The topological polar surface area (TPSA) is 52.8 Å². The van der Waals surface area contributed by atoms with Crippen LogP contribution in [0.1, 0.15) is 35.7 Å². The molecular formula is C16H15ClN4. The summed E-state index contributed by atoms with van der Waals surface area (Å²) in [4.78, 5) is 11.0. The second-order valence-electron chi connectivity index (χ2n) is 5.32. The summed E-state index contributed by atoms with van der Waals surface area (Å²) in [5.74, 6) is 2.07. The Balaban J connectivity index is 2.04. The minimum absolute atomic E-state index is 0.445. The Kier molecular flexibility index (Phi) is 3.52. The second-order valence-corrected chi connectivity index (χ2v) is 5.67. The summed E-state index contributed by atoms with van der Waals surface area (Å²) in [5.41, 5.74) is 2.39. The van der Waals surface area contributed by atoms with Gasteiger partial charge in [0.2, 0.25) is 0 Å². The number of nitrogens with zero attached hydrogens (tertiary/aromatic N) is 4. The standard InChI is InChI=1S/C16H15ClN4/c1-10-14(17)19-15(12-6-7-12)20-16(10)21(2)13-5-3-4-11(8-13)9-18/h3-5,8,12H,6-7H2,1-2H3. The van der Waals surface area contributed by atoms with Gasteiger partial charge in [-0.25, -0.2) is 9.97 Å². The Hall–Kier alpha value is -2.12. The van der Waals surface area contributed by atoms with Crippen LogP contribution in [0, 0.1) is 18.3 Å². The molecule has 1 aliphatic rings. The Bertz CT molecular complexity index is 732. The van der Waals surface area contributed by atoms with Gasteiger partial charge in [-0.1, -0.05) is 17.7 Å². The monoisotopic (exact) mass is 298 g/mol. The molecule has 2 aromatic rings. The third kappa shape index (κ3) is 2.70. The minimum atomic E-state index is 0.445. The number of aromatic nitrogens is 2. The summed E-state index contributed by atoms with van der Waals surface area (Å²) in [6.45, 7) is 1.92. The highest BCUT2D eigenvalue weighted by Gasteiger charge is 2.28. The highest BCUT2D eigenvalue weighted by atomic mass is 35.5. The molecule has 1 aromatic heterocycles. The van der Waals surface area contributed by atoms with Crippen LogP contribution in [0.4, 0.5) is 11.5 Å². The number of anilines is 2. The summed E-state index contributed by atoms with van der Waals surface area (Å²) in [5, 5.41) is 9.53. The number of hydrogen-bond donors (Lipinski definition) is 0. The molecule has 0 atom stereocenters. The first-order valence-electron chi connectivity index (χ1n) is 6.88. The van der Waals surface area contributed by atoms with Gasteiger partial charge in [-0.15, -0.1) is 0 Å². The minimum Gasteiger partial charge on any atom is -0.329 e. The average Bonchev–Trinajstić information content (AvgIpc) is 3.34. The molecule has 0 aliphatic heterocycles. The Labute approximate surface area is 129 Å². The zero-order chi connectivity index (χ0) is 15.0. The molecule has 106 valence electrons. The fourth-order valence-corrected chi connectivity index (χ4v) is 2.42. The first-order valence-corrected chi connectivity index (χ1v) is 7.26. The van der Waals surface area contributed by atoms with Gasteiger partial charge in [0.05, 0.1) is 11.6 Å². The SMILES string of the molecule is Cc1c(Cl)nc(C2CC2)nc1N(C)c1cccc(C#N)c1. The van der Waals surface area contributed by atoms with Crippen LogP contribution in [0.5, 0.6) is 0 Å². The van der Waals surface area contributed by atoms with Crippen molar-refractivity contribution in [2.24, 2.45) is 0 Å². The van der Waals surface area contributed by atoms with Crippen molar-refractivity contribution < 1.29 is 0 Å². The van der Waals surface area contributed by atoms with Crippen LogP contribution >= 0.6 is 11.6 Å². The largest absolute Gasteiger partial charge is 0.329 e. The molecule has 0 spiro atoms. The van der Waals surface area contributed by atoms with Crippen molar-refractivity contribution in [3.05, 3.63) is 46.4 Å². The molecular weight excluding hydrogens is 284 g/mol. The van der Waals surface area contributed by atoms with E-state index in [1.807, 2.05) is 37.1 Å². The molecule has 0 N–H and O–H groups in total. The van der Waals surface area contributed by atoms with Gasteiger partial charge in [0.25, 0.3) is 0 Å². The van der Waals surface area contributed by atoms with Gasteiger partial charge in [0, 0.05) is 24.2 Å². The average molecular weight is 299 g/mol. The highest BCUT2D eigenvalue weighted by Crippen LogP contribution is 2.40. The molecule has 1 heterocycles. The van der Waals surface area contributed by atoms with E-state index < -0.39 is 0 Å². The second kappa shape index (κ2) is 5.34. The first kappa shape index (κ1) is 13.8. The third-order valence-electron chi connectivity index (χ3n) is 3.70. The van der Waals surface area contributed by atoms with Gasteiger partial charge in [-0.05, 0) is 38.0 Å². The molecule has 0 amide bonds. The quantitative estimate of drug-likeness (QED) is 0.805. The molecule has 1 aliphatic carbocycles. The van der Waals surface area contributed by atoms with Gasteiger partial charge < -0.3 is 4.90 Å². The predicted molar refractivity (Wildman–Crippen MR) is 83.0 cm³/mol. The maximum Gasteiger partial charge on any atom is 0.140 e. The van der Waals surface area contributed by atoms with Gasteiger partial charge in [-0.2, -0.15) is 5.26 Å². The van der Waals surface area contributed by atoms with Crippen LogP contribution in [-0.4, -0.2) is 17.0 Å². The zero-order valence-electron chi connectivity index (χ0n) is 12.0. The summed E-state index contributed by atoms with van der Waals surface area (Å²) >= 11 is 6.25. The number of rotatable bonds is 3. The van der Waals surface area contributed by atoms with E-state index >= 15 is 0 Å². The maximum atomic E-state index is 9.02. The van der Waals surface area contributed by atoms with Crippen LogP contribution < -0.4 is 4.90 Å². The molecule has 0 unspecified atom stereocenters. The first-order chi connectivity index (χ1) is 10.1. The normalized spacial score (nSPS) is 13.8. The highest BCUT2D eigenvalue weighted by molar-refractivity contribution is 6.30. The molecule has 1 aromatic carbocycles. The van der Waals surface area contributed by atoms with E-state index in [1.54, 1.807) is 6.07 Å².